The zero-order chi connectivity index (χ0) is 15.8. The van der Waals surface area contributed by atoms with Crippen molar-refractivity contribution < 1.29 is 9.72 Å². The summed E-state index contributed by atoms with van der Waals surface area (Å²) >= 11 is 5.72. The van der Waals surface area contributed by atoms with Crippen molar-refractivity contribution in [1.82, 2.24) is 10.2 Å². The highest BCUT2D eigenvalue weighted by atomic mass is 35.5. The summed E-state index contributed by atoms with van der Waals surface area (Å²) in [6, 6.07) is 4.04. The van der Waals surface area contributed by atoms with E-state index in [4.69, 9.17) is 11.6 Å². The van der Waals surface area contributed by atoms with Gasteiger partial charge in [0.25, 0.3) is 11.6 Å². The molecule has 0 unspecified atom stereocenters. The van der Waals surface area contributed by atoms with Gasteiger partial charge in [0.2, 0.25) is 0 Å². The molecule has 1 aromatic rings. The Morgan fingerprint density at radius 1 is 1.38 bits per heavy atom. The van der Waals surface area contributed by atoms with Crippen LogP contribution in [0, 0.1) is 10.1 Å². The highest BCUT2D eigenvalue weighted by Gasteiger charge is 2.16. The van der Waals surface area contributed by atoms with E-state index >= 15 is 0 Å². The van der Waals surface area contributed by atoms with Gasteiger partial charge in [-0.3, -0.25) is 14.9 Å². The molecule has 0 aliphatic carbocycles. The number of nitro groups is 1. The van der Waals surface area contributed by atoms with Gasteiger partial charge in [0.1, 0.15) is 5.02 Å². The molecule has 6 nitrogen and oxygen atoms in total. The van der Waals surface area contributed by atoms with Gasteiger partial charge in [0, 0.05) is 24.7 Å². The molecule has 0 fully saturated rings. The predicted molar refractivity (Wildman–Crippen MR) is 82.8 cm³/mol. The van der Waals surface area contributed by atoms with Gasteiger partial charge in [0.05, 0.1) is 4.92 Å². The molecule has 116 valence electrons. The fourth-order valence-electron chi connectivity index (χ4n) is 1.97. The van der Waals surface area contributed by atoms with E-state index in [1.165, 1.54) is 18.2 Å². The zero-order valence-electron chi connectivity index (χ0n) is 12.3. The minimum Gasteiger partial charge on any atom is -0.351 e. The van der Waals surface area contributed by atoms with E-state index in [-0.39, 0.29) is 22.2 Å². The number of nitro benzene ring substituents is 1. The number of carbonyl (C=O) groups excluding carboxylic acids is 1. The molecular formula is C14H20ClN3O3. The van der Waals surface area contributed by atoms with Crippen molar-refractivity contribution in [2.75, 3.05) is 26.2 Å². The topological polar surface area (TPSA) is 75.5 Å². The third-order valence-corrected chi connectivity index (χ3v) is 3.43. The van der Waals surface area contributed by atoms with Crippen LogP contribution in [0.5, 0.6) is 0 Å². The average Bonchev–Trinajstić information content (AvgIpc) is 2.46. The number of halogens is 1. The van der Waals surface area contributed by atoms with Gasteiger partial charge in [-0.1, -0.05) is 25.4 Å². The summed E-state index contributed by atoms with van der Waals surface area (Å²) in [4.78, 5) is 24.4. The van der Waals surface area contributed by atoms with E-state index in [0.29, 0.717) is 6.54 Å². The molecular weight excluding hydrogens is 294 g/mol. The molecule has 1 N–H and O–H groups in total. The molecule has 0 saturated carbocycles. The fraction of sp³-hybridized carbons (Fsp3) is 0.500. The lowest BCUT2D eigenvalue weighted by atomic mass is 10.2. The van der Waals surface area contributed by atoms with E-state index < -0.39 is 4.92 Å². The lowest BCUT2D eigenvalue weighted by molar-refractivity contribution is -0.384. The largest absolute Gasteiger partial charge is 0.351 e. The maximum absolute atomic E-state index is 12.0. The van der Waals surface area contributed by atoms with Gasteiger partial charge >= 0.3 is 0 Å². The van der Waals surface area contributed by atoms with Crippen LogP contribution in [-0.4, -0.2) is 41.9 Å². The Kier molecular flexibility index (Phi) is 7.11. The third kappa shape index (κ3) is 5.32. The summed E-state index contributed by atoms with van der Waals surface area (Å²) in [5.74, 6) is -0.331. The van der Waals surface area contributed by atoms with Crippen LogP contribution in [0.2, 0.25) is 5.02 Å². The molecule has 0 saturated heterocycles. The maximum Gasteiger partial charge on any atom is 0.288 e. The number of nitrogens with one attached hydrogen (secondary N) is 1. The van der Waals surface area contributed by atoms with Gasteiger partial charge in [-0.05, 0) is 31.6 Å². The van der Waals surface area contributed by atoms with Crippen LogP contribution in [0.1, 0.15) is 30.6 Å². The molecule has 0 radical (unpaired) electrons. The molecule has 0 bridgehead atoms. The molecule has 0 spiro atoms. The Morgan fingerprint density at radius 2 is 2.10 bits per heavy atom. The first-order valence-electron chi connectivity index (χ1n) is 6.94. The molecule has 1 rings (SSSR count). The number of hydrogen-bond donors (Lipinski definition) is 1. The van der Waals surface area contributed by atoms with Crippen LogP contribution in [0.25, 0.3) is 0 Å². The van der Waals surface area contributed by atoms with Gasteiger partial charge in [-0.2, -0.15) is 0 Å². The van der Waals surface area contributed by atoms with Gasteiger partial charge in [-0.15, -0.1) is 0 Å². The standard InChI is InChI=1S/C14H20ClN3O3/c1-3-8-17(4-2)9-7-16-14(19)11-5-6-12(15)13(10-11)18(20)21/h5-6,10H,3-4,7-9H2,1-2H3,(H,16,19). The lowest BCUT2D eigenvalue weighted by Crippen LogP contribution is -2.35. The summed E-state index contributed by atoms with van der Waals surface area (Å²) in [5, 5.41) is 13.6. The molecule has 0 aromatic heterocycles. The lowest BCUT2D eigenvalue weighted by Gasteiger charge is -2.19. The highest BCUT2D eigenvalue weighted by Crippen LogP contribution is 2.24. The number of amides is 1. The van der Waals surface area contributed by atoms with Crippen molar-refractivity contribution in [2.45, 2.75) is 20.3 Å². The van der Waals surface area contributed by atoms with Crippen molar-refractivity contribution in [3.05, 3.63) is 38.9 Å². The van der Waals surface area contributed by atoms with Crippen molar-refractivity contribution in [3.8, 4) is 0 Å². The Morgan fingerprint density at radius 3 is 2.67 bits per heavy atom. The number of carbonyl (C=O) groups is 1. The van der Waals surface area contributed by atoms with Crippen molar-refractivity contribution in [1.29, 1.82) is 0 Å². The van der Waals surface area contributed by atoms with Crippen molar-refractivity contribution in [3.63, 3.8) is 0 Å². The van der Waals surface area contributed by atoms with E-state index in [0.717, 1.165) is 26.1 Å². The predicted octanol–water partition coefficient (Wildman–Crippen LogP) is 2.71. The minimum atomic E-state index is -0.598. The number of nitrogens with zero attached hydrogens (tertiary/aromatic N) is 2. The molecule has 0 aliphatic rings. The van der Waals surface area contributed by atoms with Crippen LogP contribution >= 0.6 is 11.6 Å². The van der Waals surface area contributed by atoms with Gasteiger partial charge in [0.15, 0.2) is 0 Å². The SMILES string of the molecule is CCCN(CC)CCNC(=O)c1ccc(Cl)c([N+](=O)[O-])c1. The van der Waals surface area contributed by atoms with Crippen LogP contribution < -0.4 is 5.32 Å². The number of benzene rings is 1. The van der Waals surface area contributed by atoms with E-state index in [1.54, 1.807) is 0 Å². The van der Waals surface area contributed by atoms with Crippen molar-refractivity contribution in [2.24, 2.45) is 0 Å². The van der Waals surface area contributed by atoms with Crippen LogP contribution in [0.4, 0.5) is 5.69 Å². The van der Waals surface area contributed by atoms with E-state index in [1.807, 2.05) is 0 Å². The Bertz CT molecular complexity index is 508. The van der Waals surface area contributed by atoms with Crippen LogP contribution in [-0.2, 0) is 0 Å². The second-order valence-corrected chi connectivity index (χ2v) is 5.02. The Labute approximate surface area is 129 Å². The quantitative estimate of drug-likeness (QED) is 0.591. The normalized spacial score (nSPS) is 10.7. The van der Waals surface area contributed by atoms with Crippen LogP contribution in [0.15, 0.2) is 18.2 Å². The fourth-order valence-corrected chi connectivity index (χ4v) is 2.15. The summed E-state index contributed by atoms with van der Waals surface area (Å²) in [7, 11) is 0. The first kappa shape index (κ1) is 17.4. The molecule has 0 heterocycles. The first-order chi connectivity index (χ1) is 9.99. The third-order valence-electron chi connectivity index (χ3n) is 3.11. The monoisotopic (exact) mass is 313 g/mol. The van der Waals surface area contributed by atoms with Crippen LogP contribution in [0.3, 0.4) is 0 Å². The summed E-state index contributed by atoms with van der Waals surface area (Å²) in [6.45, 7) is 7.35. The molecule has 0 aliphatic heterocycles. The first-order valence-corrected chi connectivity index (χ1v) is 7.31. The Balaban J connectivity index is 2.60. The average molecular weight is 314 g/mol. The molecule has 21 heavy (non-hydrogen) atoms. The second kappa shape index (κ2) is 8.59. The molecule has 1 aromatic carbocycles. The highest BCUT2D eigenvalue weighted by molar-refractivity contribution is 6.32. The minimum absolute atomic E-state index is 0.0247. The van der Waals surface area contributed by atoms with Crippen molar-refractivity contribution >= 4 is 23.2 Å². The number of likely N-dealkylation sites (N-methyl/N-ethyl adjacent to an activating group) is 1. The summed E-state index contributed by atoms with van der Waals surface area (Å²) in [6.07, 6.45) is 1.06. The Hall–Kier alpha value is -1.66. The van der Waals surface area contributed by atoms with Gasteiger partial charge < -0.3 is 10.2 Å². The summed E-state index contributed by atoms with van der Waals surface area (Å²) in [5.41, 5.74) is -0.0184. The number of rotatable bonds is 8. The van der Waals surface area contributed by atoms with E-state index in [9.17, 15) is 14.9 Å². The molecule has 7 heteroatoms. The second-order valence-electron chi connectivity index (χ2n) is 4.61. The van der Waals surface area contributed by atoms with Gasteiger partial charge in [-0.25, -0.2) is 0 Å². The van der Waals surface area contributed by atoms with E-state index in [2.05, 4.69) is 24.1 Å². The number of hydrogen-bond acceptors (Lipinski definition) is 4. The summed E-state index contributed by atoms with van der Waals surface area (Å²) < 4.78 is 0. The molecule has 1 amide bonds. The smallest absolute Gasteiger partial charge is 0.288 e. The maximum atomic E-state index is 12.0. The zero-order valence-corrected chi connectivity index (χ0v) is 13.0. The molecule has 0 atom stereocenters.